The molecule has 0 aliphatic rings. The molecule has 0 unspecified atom stereocenters. The lowest BCUT2D eigenvalue weighted by Gasteiger charge is -2.09. The molecule has 26 heavy (non-hydrogen) atoms. The van der Waals surface area contributed by atoms with Crippen LogP contribution in [-0.2, 0) is 6.54 Å². The maximum absolute atomic E-state index is 12.5. The first-order chi connectivity index (χ1) is 12.7. The third kappa shape index (κ3) is 4.23. The number of thioether (sulfide) groups is 1. The van der Waals surface area contributed by atoms with Crippen molar-refractivity contribution in [1.29, 1.82) is 0 Å². The van der Waals surface area contributed by atoms with Gasteiger partial charge in [-0.15, -0.1) is 5.10 Å². The van der Waals surface area contributed by atoms with Crippen molar-refractivity contribution in [3.63, 3.8) is 0 Å². The number of carbonyl (C=O) groups excluding carboxylic acids is 1. The van der Waals surface area contributed by atoms with Gasteiger partial charge in [0.15, 0.2) is 17.3 Å². The molecule has 0 saturated carbocycles. The summed E-state index contributed by atoms with van der Waals surface area (Å²) in [6.07, 6.45) is 1.68. The number of carbonyl (C=O) groups is 1. The molecule has 7 heteroatoms. The number of ether oxygens (including phenoxy) is 2. The largest absolute Gasteiger partial charge is 0.493 e. The van der Waals surface area contributed by atoms with E-state index in [2.05, 4.69) is 10.3 Å². The maximum atomic E-state index is 12.5. The van der Waals surface area contributed by atoms with Gasteiger partial charge in [-0.1, -0.05) is 47.3 Å². The average molecular weight is 369 g/mol. The molecule has 0 saturated heterocycles. The maximum Gasteiger partial charge on any atom is 0.173 e. The average Bonchev–Trinajstić information content (AvgIpc) is 3.13. The van der Waals surface area contributed by atoms with Gasteiger partial charge in [0.1, 0.15) is 5.03 Å². The van der Waals surface area contributed by atoms with Crippen LogP contribution in [0.1, 0.15) is 15.9 Å². The second-order valence-electron chi connectivity index (χ2n) is 5.50. The van der Waals surface area contributed by atoms with Crippen molar-refractivity contribution < 1.29 is 14.3 Å². The molecule has 0 atom stereocenters. The van der Waals surface area contributed by atoms with Crippen molar-refractivity contribution in [1.82, 2.24) is 15.0 Å². The van der Waals surface area contributed by atoms with Crippen LogP contribution in [0.5, 0.6) is 11.5 Å². The van der Waals surface area contributed by atoms with Gasteiger partial charge in [-0.3, -0.25) is 4.79 Å². The van der Waals surface area contributed by atoms with E-state index in [1.807, 2.05) is 30.3 Å². The van der Waals surface area contributed by atoms with E-state index in [1.165, 1.54) is 11.8 Å². The lowest BCUT2D eigenvalue weighted by molar-refractivity contribution is 0.102. The van der Waals surface area contributed by atoms with E-state index >= 15 is 0 Å². The van der Waals surface area contributed by atoms with E-state index in [9.17, 15) is 4.79 Å². The lowest BCUT2D eigenvalue weighted by atomic mass is 10.1. The van der Waals surface area contributed by atoms with Gasteiger partial charge in [0, 0.05) is 5.56 Å². The zero-order chi connectivity index (χ0) is 18.4. The van der Waals surface area contributed by atoms with Crippen LogP contribution in [-0.4, -0.2) is 40.7 Å². The predicted molar refractivity (Wildman–Crippen MR) is 100 cm³/mol. The zero-order valence-electron chi connectivity index (χ0n) is 14.6. The van der Waals surface area contributed by atoms with Crippen molar-refractivity contribution in [2.45, 2.75) is 11.6 Å². The molecule has 3 rings (SSSR count). The topological polar surface area (TPSA) is 66.2 Å². The predicted octanol–water partition coefficient (Wildman–Crippen LogP) is 3.32. The Bertz CT molecular complexity index is 881. The fraction of sp³-hybridized carbons (Fsp3) is 0.211. The smallest absolute Gasteiger partial charge is 0.173 e. The molecule has 0 aliphatic carbocycles. The highest BCUT2D eigenvalue weighted by Gasteiger charge is 2.13. The molecule has 6 nitrogen and oxygen atoms in total. The van der Waals surface area contributed by atoms with E-state index in [0.29, 0.717) is 23.6 Å². The minimum atomic E-state index is 0.00316. The van der Waals surface area contributed by atoms with Crippen LogP contribution >= 0.6 is 11.8 Å². The standard InChI is InChI=1S/C19H19N3O3S/c1-24-17-9-8-15(10-18(17)25-2)16(23)13-26-19-11-20-21-22(19)12-14-6-4-3-5-7-14/h3-11H,12-13H2,1-2H3. The molecule has 0 amide bonds. The SMILES string of the molecule is COc1ccc(C(=O)CSc2cnnn2Cc2ccccc2)cc1OC. The number of hydrogen-bond donors (Lipinski definition) is 0. The van der Waals surface area contributed by atoms with Crippen molar-refractivity contribution in [3.8, 4) is 11.5 Å². The van der Waals surface area contributed by atoms with Crippen LogP contribution in [0.2, 0.25) is 0 Å². The summed E-state index contributed by atoms with van der Waals surface area (Å²) < 4.78 is 12.2. The van der Waals surface area contributed by atoms with Gasteiger partial charge in [-0.2, -0.15) is 0 Å². The van der Waals surface area contributed by atoms with E-state index in [4.69, 9.17) is 9.47 Å². The van der Waals surface area contributed by atoms with Gasteiger partial charge in [-0.05, 0) is 23.8 Å². The second-order valence-corrected chi connectivity index (χ2v) is 6.49. The molecule has 2 aromatic carbocycles. The quantitative estimate of drug-likeness (QED) is 0.448. The third-order valence-corrected chi connectivity index (χ3v) is 4.83. The van der Waals surface area contributed by atoms with Crippen LogP contribution < -0.4 is 9.47 Å². The summed E-state index contributed by atoms with van der Waals surface area (Å²) in [5.41, 5.74) is 1.71. The van der Waals surface area contributed by atoms with Crippen molar-refractivity contribution >= 4 is 17.5 Å². The number of Topliss-reactive ketones (excluding diaryl/α,β-unsaturated/α-hetero) is 1. The molecular formula is C19H19N3O3S. The lowest BCUT2D eigenvalue weighted by Crippen LogP contribution is -2.07. The van der Waals surface area contributed by atoms with Crippen LogP contribution in [0, 0.1) is 0 Å². The number of hydrogen-bond acceptors (Lipinski definition) is 6. The van der Waals surface area contributed by atoms with Crippen molar-refractivity contribution in [2.75, 3.05) is 20.0 Å². The fourth-order valence-corrected chi connectivity index (χ4v) is 3.28. The van der Waals surface area contributed by atoms with Crippen LogP contribution in [0.25, 0.3) is 0 Å². The highest BCUT2D eigenvalue weighted by atomic mass is 32.2. The number of nitrogens with zero attached hydrogens (tertiary/aromatic N) is 3. The minimum Gasteiger partial charge on any atom is -0.493 e. The Morgan fingerprint density at radius 1 is 1.08 bits per heavy atom. The third-order valence-electron chi connectivity index (χ3n) is 3.81. The molecule has 134 valence electrons. The molecule has 0 aliphatic heterocycles. The Morgan fingerprint density at radius 3 is 2.58 bits per heavy atom. The van der Waals surface area contributed by atoms with Crippen LogP contribution in [0.3, 0.4) is 0 Å². The van der Waals surface area contributed by atoms with Gasteiger partial charge in [0.05, 0.1) is 32.7 Å². The monoisotopic (exact) mass is 369 g/mol. The van der Waals surface area contributed by atoms with E-state index in [1.54, 1.807) is 43.3 Å². The van der Waals surface area contributed by atoms with Crippen molar-refractivity contribution in [3.05, 3.63) is 65.9 Å². The van der Waals surface area contributed by atoms with Crippen molar-refractivity contribution in [2.24, 2.45) is 0 Å². The number of ketones is 1. The van der Waals surface area contributed by atoms with Gasteiger partial charge in [0.2, 0.25) is 0 Å². The molecule has 1 heterocycles. The number of rotatable bonds is 8. The Balaban J connectivity index is 1.66. The first kappa shape index (κ1) is 18.0. The summed E-state index contributed by atoms with van der Waals surface area (Å²) in [5.74, 6) is 1.43. The van der Waals surface area contributed by atoms with E-state index in [0.717, 1.165) is 10.6 Å². The van der Waals surface area contributed by atoms with Crippen LogP contribution in [0.15, 0.2) is 59.8 Å². The summed E-state index contributed by atoms with van der Waals surface area (Å²) in [5, 5.41) is 8.92. The molecule has 0 fully saturated rings. The van der Waals surface area contributed by atoms with Crippen LogP contribution in [0.4, 0.5) is 0 Å². The molecule has 3 aromatic rings. The molecule has 1 aromatic heterocycles. The molecule has 0 bridgehead atoms. The summed E-state index contributed by atoms with van der Waals surface area (Å²) in [4.78, 5) is 12.5. The van der Waals surface area contributed by atoms with Gasteiger partial charge in [-0.25, -0.2) is 4.68 Å². The van der Waals surface area contributed by atoms with E-state index in [-0.39, 0.29) is 11.5 Å². The Labute approximate surface area is 156 Å². The highest BCUT2D eigenvalue weighted by molar-refractivity contribution is 7.99. The molecule has 0 N–H and O–H groups in total. The van der Waals surface area contributed by atoms with Gasteiger partial charge >= 0.3 is 0 Å². The summed E-state index contributed by atoms with van der Waals surface area (Å²) in [6, 6.07) is 15.2. The normalized spacial score (nSPS) is 10.5. The minimum absolute atomic E-state index is 0.00316. The Hall–Kier alpha value is -2.80. The Kier molecular flexibility index (Phi) is 5.91. The number of benzene rings is 2. The first-order valence-corrected chi connectivity index (χ1v) is 9.00. The molecular weight excluding hydrogens is 350 g/mol. The highest BCUT2D eigenvalue weighted by Crippen LogP contribution is 2.28. The number of aromatic nitrogens is 3. The zero-order valence-corrected chi connectivity index (χ0v) is 15.4. The summed E-state index contributed by atoms with van der Waals surface area (Å²) >= 11 is 1.42. The Morgan fingerprint density at radius 2 is 1.85 bits per heavy atom. The summed E-state index contributed by atoms with van der Waals surface area (Å²) in [7, 11) is 3.12. The van der Waals surface area contributed by atoms with E-state index < -0.39 is 0 Å². The fourth-order valence-electron chi connectivity index (χ4n) is 2.46. The second kappa shape index (κ2) is 8.53. The van der Waals surface area contributed by atoms with Gasteiger partial charge in [0.25, 0.3) is 0 Å². The molecule has 0 radical (unpaired) electrons. The van der Waals surface area contributed by atoms with Gasteiger partial charge < -0.3 is 9.47 Å². The number of methoxy groups -OCH3 is 2. The molecule has 0 spiro atoms. The first-order valence-electron chi connectivity index (χ1n) is 8.01. The summed E-state index contributed by atoms with van der Waals surface area (Å²) in [6.45, 7) is 0.619.